The van der Waals surface area contributed by atoms with Crippen LogP contribution in [-0.4, -0.2) is 19.6 Å². The van der Waals surface area contributed by atoms with Crippen LogP contribution in [0.3, 0.4) is 0 Å². The zero-order valence-corrected chi connectivity index (χ0v) is 11.2. The number of benzene rings is 1. The maximum absolute atomic E-state index is 4.71. The number of rotatable bonds is 2. The van der Waals surface area contributed by atoms with Crippen LogP contribution in [0.5, 0.6) is 0 Å². The Morgan fingerprint density at radius 1 is 0.762 bits per heavy atom. The summed E-state index contributed by atoms with van der Waals surface area (Å²) in [6, 6.07) is 18.0. The second-order valence-electron chi connectivity index (χ2n) is 4.74. The molecule has 0 aliphatic carbocycles. The highest BCUT2D eigenvalue weighted by atomic mass is 15.3. The van der Waals surface area contributed by atoms with E-state index in [9.17, 15) is 0 Å². The van der Waals surface area contributed by atoms with Crippen molar-refractivity contribution in [2.24, 2.45) is 0 Å². The van der Waals surface area contributed by atoms with Crippen molar-refractivity contribution in [1.29, 1.82) is 0 Å². The summed E-state index contributed by atoms with van der Waals surface area (Å²) in [5.41, 5.74) is 4.78. The van der Waals surface area contributed by atoms with Crippen molar-refractivity contribution < 1.29 is 0 Å². The molecular formula is C17H12N4. The molecule has 0 atom stereocenters. The lowest BCUT2D eigenvalue weighted by Crippen LogP contribution is -1.96. The van der Waals surface area contributed by atoms with E-state index in [0.29, 0.717) is 0 Å². The minimum atomic E-state index is 0.827. The van der Waals surface area contributed by atoms with Crippen LogP contribution in [0.4, 0.5) is 0 Å². The molecular weight excluding hydrogens is 260 g/mol. The van der Waals surface area contributed by atoms with Gasteiger partial charge in [-0.05, 0) is 24.3 Å². The number of imidazole rings is 1. The van der Waals surface area contributed by atoms with Gasteiger partial charge in [0.05, 0.1) is 17.6 Å². The summed E-state index contributed by atoms with van der Waals surface area (Å²) >= 11 is 0. The SMILES string of the molecule is c1ccc(-c2ccc3ncc(-c4cccnc4)n3n2)cc1. The van der Waals surface area contributed by atoms with E-state index in [1.807, 2.05) is 59.4 Å². The van der Waals surface area contributed by atoms with Crippen molar-refractivity contribution in [3.8, 4) is 22.5 Å². The first kappa shape index (κ1) is 11.8. The van der Waals surface area contributed by atoms with Gasteiger partial charge in [0, 0.05) is 23.5 Å². The van der Waals surface area contributed by atoms with Crippen LogP contribution < -0.4 is 0 Å². The zero-order valence-electron chi connectivity index (χ0n) is 11.2. The molecule has 4 heteroatoms. The normalized spacial score (nSPS) is 10.9. The van der Waals surface area contributed by atoms with Gasteiger partial charge in [-0.3, -0.25) is 4.98 Å². The molecule has 21 heavy (non-hydrogen) atoms. The van der Waals surface area contributed by atoms with E-state index in [1.54, 1.807) is 6.20 Å². The monoisotopic (exact) mass is 272 g/mol. The summed E-state index contributed by atoms with van der Waals surface area (Å²) in [5.74, 6) is 0. The standard InChI is InChI=1S/C17H12N4/c1-2-5-13(6-3-1)15-8-9-17-19-12-16(21(17)20-15)14-7-4-10-18-11-14/h1-12H. The molecule has 0 radical (unpaired) electrons. The van der Waals surface area contributed by atoms with Crippen molar-refractivity contribution in [2.45, 2.75) is 0 Å². The fourth-order valence-electron chi connectivity index (χ4n) is 2.35. The predicted molar refractivity (Wildman–Crippen MR) is 81.7 cm³/mol. The topological polar surface area (TPSA) is 43.1 Å². The molecule has 3 aromatic heterocycles. The molecule has 0 unspecified atom stereocenters. The van der Waals surface area contributed by atoms with Crippen molar-refractivity contribution >= 4 is 5.65 Å². The van der Waals surface area contributed by atoms with Gasteiger partial charge in [-0.25, -0.2) is 9.50 Å². The van der Waals surface area contributed by atoms with Crippen molar-refractivity contribution in [3.63, 3.8) is 0 Å². The van der Waals surface area contributed by atoms with Crippen LogP contribution in [0.2, 0.25) is 0 Å². The number of hydrogen-bond donors (Lipinski definition) is 0. The number of pyridine rings is 1. The van der Waals surface area contributed by atoms with Gasteiger partial charge in [0.2, 0.25) is 0 Å². The fraction of sp³-hybridized carbons (Fsp3) is 0. The third-order valence-electron chi connectivity index (χ3n) is 3.39. The molecule has 0 N–H and O–H groups in total. The Morgan fingerprint density at radius 3 is 2.43 bits per heavy atom. The first-order chi connectivity index (χ1) is 10.4. The van der Waals surface area contributed by atoms with Crippen LogP contribution in [0.1, 0.15) is 0 Å². The van der Waals surface area contributed by atoms with Crippen molar-refractivity contribution in [3.05, 3.63) is 73.2 Å². The molecule has 0 amide bonds. The van der Waals surface area contributed by atoms with Crippen LogP contribution in [0.25, 0.3) is 28.2 Å². The summed E-state index contributed by atoms with van der Waals surface area (Å²) in [4.78, 5) is 8.56. The first-order valence-corrected chi connectivity index (χ1v) is 6.72. The van der Waals surface area contributed by atoms with Crippen molar-refractivity contribution in [1.82, 2.24) is 19.6 Å². The number of fused-ring (bicyclic) bond motifs is 1. The molecule has 0 fully saturated rings. The maximum Gasteiger partial charge on any atom is 0.154 e. The zero-order chi connectivity index (χ0) is 14.1. The summed E-state index contributed by atoms with van der Waals surface area (Å²) in [7, 11) is 0. The summed E-state index contributed by atoms with van der Waals surface area (Å²) in [5, 5.41) is 4.71. The molecule has 4 nitrogen and oxygen atoms in total. The van der Waals surface area contributed by atoms with E-state index >= 15 is 0 Å². The molecule has 0 saturated heterocycles. The molecule has 4 aromatic rings. The Labute approximate surface area is 121 Å². The Morgan fingerprint density at radius 2 is 1.62 bits per heavy atom. The highest BCUT2D eigenvalue weighted by Gasteiger charge is 2.08. The average Bonchev–Trinajstić information content (AvgIpc) is 2.99. The number of aromatic nitrogens is 4. The second-order valence-corrected chi connectivity index (χ2v) is 4.74. The van der Waals surface area contributed by atoms with Gasteiger partial charge >= 0.3 is 0 Å². The van der Waals surface area contributed by atoms with Crippen LogP contribution >= 0.6 is 0 Å². The Kier molecular flexibility index (Phi) is 2.71. The lowest BCUT2D eigenvalue weighted by molar-refractivity contribution is 0.948. The van der Waals surface area contributed by atoms with E-state index < -0.39 is 0 Å². The van der Waals surface area contributed by atoms with Gasteiger partial charge in [-0.2, -0.15) is 5.10 Å². The van der Waals surface area contributed by atoms with Gasteiger partial charge in [0.1, 0.15) is 0 Å². The molecule has 1 aromatic carbocycles. The lowest BCUT2D eigenvalue weighted by Gasteiger charge is -2.04. The van der Waals surface area contributed by atoms with Crippen LogP contribution in [-0.2, 0) is 0 Å². The minimum absolute atomic E-state index is 0.827. The third-order valence-corrected chi connectivity index (χ3v) is 3.39. The summed E-state index contributed by atoms with van der Waals surface area (Å²) in [6.45, 7) is 0. The first-order valence-electron chi connectivity index (χ1n) is 6.72. The molecule has 4 rings (SSSR count). The number of nitrogens with zero attached hydrogens (tertiary/aromatic N) is 4. The molecule has 0 spiro atoms. The quantitative estimate of drug-likeness (QED) is 0.561. The number of hydrogen-bond acceptors (Lipinski definition) is 3. The molecule has 0 bridgehead atoms. The summed E-state index contributed by atoms with van der Waals surface area (Å²) in [6.07, 6.45) is 5.41. The molecule has 3 heterocycles. The summed E-state index contributed by atoms with van der Waals surface area (Å²) < 4.78 is 1.86. The van der Waals surface area contributed by atoms with Crippen LogP contribution in [0, 0.1) is 0 Å². The molecule has 0 aliphatic rings. The maximum atomic E-state index is 4.71. The van der Waals surface area contributed by atoms with Gasteiger partial charge in [-0.15, -0.1) is 0 Å². The Hall–Kier alpha value is -3.01. The predicted octanol–water partition coefficient (Wildman–Crippen LogP) is 3.46. The second kappa shape index (κ2) is 4.83. The van der Waals surface area contributed by atoms with Crippen molar-refractivity contribution in [2.75, 3.05) is 0 Å². The van der Waals surface area contributed by atoms with Gasteiger partial charge in [0.25, 0.3) is 0 Å². The van der Waals surface area contributed by atoms with Gasteiger partial charge in [0.15, 0.2) is 5.65 Å². The Balaban J connectivity index is 1.91. The third kappa shape index (κ3) is 2.07. The molecule has 0 aliphatic heterocycles. The Bertz CT molecular complexity index is 882. The largest absolute Gasteiger partial charge is 0.264 e. The van der Waals surface area contributed by atoms with E-state index in [0.717, 1.165) is 28.2 Å². The lowest BCUT2D eigenvalue weighted by atomic mass is 10.1. The smallest absolute Gasteiger partial charge is 0.154 e. The average molecular weight is 272 g/mol. The molecule has 100 valence electrons. The van der Waals surface area contributed by atoms with E-state index in [-0.39, 0.29) is 0 Å². The van der Waals surface area contributed by atoms with E-state index in [2.05, 4.69) is 22.1 Å². The van der Waals surface area contributed by atoms with Gasteiger partial charge in [-0.1, -0.05) is 30.3 Å². The fourth-order valence-corrected chi connectivity index (χ4v) is 2.35. The highest BCUT2D eigenvalue weighted by Crippen LogP contribution is 2.22. The van der Waals surface area contributed by atoms with Crippen LogP contribution in [0.15, 0.2) is 73.2 Å². The minimum Gasteiger partial charge on any atom is -0.264 e. The molecule has 0 saturated carbocycles. The van der Waals surface area contributed by atoms with Gasteiger partial charge < -0.3 is 0 Å². The van der Waals surface area contributed by atoms with E-state index in [1.165, 1.54) is 0 Å². The highest BCUT2D eigenvalue weighted by molar-refractivity contribution is 5.65. The van der Waals surface area contributed by atoms with E-state index in [4.69, 9.17) is 5.10 Å².